The van der Waals surface area contributed by atoms with Crippen molar-refractivity contribution in [2.24, 2.45) is 0 Å². The molecule has 0 saturated carbocycles. The Morgan fingerprint density at radius 1 is 1.24 bits per heavy atom. The molecule has 2 heterocycles. The fourth-order valence-electron chi connectivity index (χ4n) is 2.06. The lowest BCUT2D eigenvalue weighted by molar-refractivity contribution is -0.274. The molecule has 0 atom stereocenters. The molecule has 130 valence electrons. The first-order chi connectivity index (χ1) is 11.9. The maximum atomic E-state index is 12.4. The zero-order valence-corrected chi connectivity index (χ0v) is 13.3. The quantitative estimate of drug-likeness (QED) is 0.637. The summed E-state index contributed by atoms with van der Waals surface area (Å²) in [6.07, 6.45) is -3.24. The van der Waals surface area contributed by atoms with Crippen LogP contribution < -0.4 is 9.47 Å². The minimum absolute atomic E-state index is 0.0538. The Bertz CT molecular complexity index is 927. The molecular weight excluding hydrogens is 361 g/mol. The SMILES string of the molecule is C=CCOc1cc2nnc(-c3cccc(OC(F)(F)F)c3)n2nc1Cl. The molecule has 0 aliphatic carbocycles. The van der Waals surface area contributed by atoms with Gasteiger partial charge < -0.3 is 9.47 Å². The van der Waals surface area contributed by atoms with E-state index < -0.39 is 6.36 Å². The van der Waals surface area contributed by atoms with E-state index in [2.05, 4.69) is 26.6 Å². The maximum absolute atomic E-state index is 12.4. The van der Waals surface area contributed by atoms with Gasteiger partial charge in [-0.05, 0) is 12.1 Å². The van der Waals surface area contributed by atoms with Crippen molar-refractivity contribution in [2.45, 2.75) is 6.36 Å². The number of ether oxygens (including phenoxy) is 2. The lowest BCUT2D eigenvalue weighted by Crippen LogP contribution is -2.17. The van der Waals surface area contributed by atoms with Gasteiger partial charge in [-0.2, -0.15) is 4.52 Å². The molecule has 0 N–H and O–H groups in total. The molecule has 10 heteroatoms. The summed E-state index contributed by atoms with van der Waals surface area (Å²) < 4.78 is 47.6. The minimum Gasteiger partial charge on any atom is -0.486 e. The van der Waals surface area contributed by atoms with Gasteiger partial charge in [0.2, 0.25) is 0 Å². The van der Waals surface area contributed by atoms with Crippen LogP contribution in [0.4, 0.5) is 13.2 Å². The van der Waals surface area contributed by atoms with Crippen LogP contribution in [0.1, 0.15) is 0 Å². The molecule has 0 spiro atoms. The molecule has 6 nitrogen and oxygen atoms in total. The lowest BCUT2D eigenvalue weighted by atomic mass is 10.2. The number of halogens is 4. The average molecular weight is 371 g/mol. The Morgan fingerprint density at radius 2 is 2.04 bits per heavy atom. The highest BCUT2D eigenvalue weighted by Gasteiger charge is 2.31. The molecule has 0 unspecified atom stereocenters. The van der Waals surface area contributed by atoms with Crippen molar-refractivity contribution in [3.63, 3.8) is 0 Å². The Balaban J connectivity index is 2.00. The van der Waals surface area contributed by atoms with E-state index in [1.807, 2.05) is 0 Å². The number of nitrogens with zero attached hydrogens (tertiary/aromatic N) is 4. The van der Waals surface area contributed by atoms with Crippen LogP contribution in [0.15, 0.2) is 43.0 Å². The Kier molecular flexibility index (Phi) is 4.49. The molecule has 3 rings (SSSR count). The molecule has 2 aromatic heterocycles. The number of hydrogen-bond donors (Lipinski definition) is 0. The number of fused-ring (bicyclic) bond motifs is 1. The Morgan fingerprint density at radius 3 is 2.76 bits per heavy atom. The van der Waals surface area contributed by atoms with E-state index in [1.54, 1.807) is 12.1 Å². The number of hydrogen-bond acceptors (Lipinski definition) is 5. The van der Waals surface area contributed by atoms with Crippen LogP contribution in [0.3, 0.4) is 0 Å². The van der Waals surface area contributed by atoms with E-state index in [4.69, 9.17) is 16.3 Å². The summed E-state index contributed by atoms with van der Waals surface area (Å²) in [5.41, 5.74) is 0.651. The van der Waals surface area contributed by atoms with Crippen LogP contribution in [-0.2, 0) is 0 Å². The number of aromatic nitrogens is 4. The highest BCUT2D eigenvalue weighted by atomic mass is 35.5. The summed E-state index contributed by atoms with van der Waals surface area (Å²) in [7, 11) is 0. The lowest BCUT2D eigenvalue weighted by Gasteiger charge is -2.09. The highest BCUT2D eigenvalue weighted by Crippen LogP contribution is 2.29. The summed E-state index contributed by atoms with van der Waals surface area (Å²) in [5.74, 6) is 0.126. The summed E-state index contributed by atoms with van der Waals surface area (Å²) in [6.45, 7) is 3.76. The predicted octanol–water partition coefficient (Wildman–Crippen LogP) is 3.91. The zero-order chi connectivity index (χ0) is 18.0. The first-order valence-corrected chi connectivity index (χ1v) is 7.27. The number of benzene rings is 1. The first kappa shape index (κ1) is 17.0. The van der Waals surface area contributed by atoms with Crippen LogP contribution in [0, 0.1) is 0 Å². The van der Waals surface area contributed by atoms with Gasteiger partial charge in [0, 0.05) is 11.6 Å². The van der Waals surface area contributed by atoms with Crippen molar-refractivity contribution in [3.8, 4) is 22.9 Å². The van der Waals surface area contributed by atoms with E-state index in [-0.39, 0.29) is 23.3 Å². The largest absolute Gasteiger partial charge is 0.573 e. The van der Waals surface area contributed by atoms with Gasteiger partial charge in [0.25, 0.3) is 0 Å². The van der Waals surface area contributed by atoms with Crippen molar-refractivity contribution < 1.29 is 22.6 Å². The second-order valence-corrected chi connectivity index (χ2v) is 5.13. The molecule has 0 amide bonds. The summed E-state index contributed by atoms with van der Waals surface area (Å²) in [4.78, 5) is 0. The molecule has 0 radical (unpaired) electrons. The molecule has 0 aliphatic heterocycles. The van der Waals surface area contributed by atoms with Crippen LogP contribution in [0.2, 0.25) is 5.15 Å². The molecule has 25 heavy (non-hydrogen) atoms. The topological polar surface area (TPSA) is 61.5 Å². The molecule has 0 saturated heterocycles. The minimum atomic E-state index is -4.79. The third-order valence-electron chi connectivity index (χ3n) is 3.00. The second-order valence-electron chi connectivity index (χ2n) is 4.77. The fourth-order valence-corrected chi connectivity index (χ4v) is 2.24. The van der Waals surface area contributed by atoms with E-state index in [0.29, 0.717) is 17.0 Å². The number of rotatable bonds is 5. The fraction of sp³-hybridized carbons (Fsp3) is 0.133. The van der Waals surface area contributed by atoms with Gasteiger partial charge in [0.15, 0.2) is 22.4 Å². The van der Waals surface area contributed by atoms with Crippen molar-refractivity contribution in [1.29, 1.82) is 0 Å². The van der Waals surface area contributed by atoms with E-state index in [9.17, 15) is 13.2 Å². The van der Waals surface area contributed by atoms with Crippen LogP contribution in [-0.4, -0.2) is 32.8 Å². The van der Waals surface area contributed by atoms with Crippen LogP contribution in [0.25, 0.3) is 17.0 Å². The van der Waals surface area contributed by atoms with Crippen molar-refractivity contribution in [2.75, 3.05) is 6.61 Å². The van der Waals surface area contributed by atoms with Gasteiger partial charge in [-0.1, -0.05) is 36.4 Å². The third-order valence-corrected chi connectivity index (χ3v) is 3.26. The van der Waals surface area contributed by atoms with Gasteiger partial charge in [-0.25, -0.2) is 0 Å². The van der Waals surface area contributed by atoms with Gasteiger partial charge in [-0.15, -0.1) is 28.5 Å². The molecule has 1 aromatic carbocycles. The Hall–Kier alpha value is -2.81. The smallest absolute Gasteiger partial charge is 0.486 e. The standard InChI is InChI=1S/C15H10ClF3N4O2/c1-2-6-24-11-8-12-20-21-14(23(12)22-13(11)16)9-4-3-5-10(7-9)25-15(17,18)19/h2-5,7-8H,1,6H2. The van der Waals surface area contributed by atoms with Crippen molar-refractivity contribution in [3.05, 3.63) is 48.1 Å². The summed E-state index contributed by atoms with van der Waals surface area (Å²) >= 11 is 6.05. The molecule has 0 fully saturated rings. The van der Waals surface area contributed by atoms with E-state index in [1.165, 1.54) is 28.8 Å². The third kappa shape index (κ3) is 3.82. The molecule has 0 bridgehead atoms. The monoisotopic (exact) mass is 370 g/mol. The van der Waals surface area contributed by atoms with Crippen LogP contribution in [0.5, 0.6) is 11.5 Å². The first-order valence-electron chi connectivity index (χ1n) is 6.89. The van der Waals surface area contributed by atoms with Gasteiger partial charge in [-0.3, -0.25) is 0 Å². The molecule has 3 aromatic rings. The molecule has 0 aliphatic rings. The second kappa shape index (κ2) is 6.60. The average Bonchev–Trinajstić information content (AvgIpc) is 2.94. The van der Waals surface area contributed by atoms with Gasteiger partial charge in [0.05, 0.1) is 0 Å². The highest BCUT2D eigenvalue weighted by molar-refractivity contribution is 6.30. The van der Waals surface area contributed by atoms with Gasteiger partial charge >= 0.3 is 6.36 Å². The normalized spacial score (nSPS) is 11.5. The van der Waals surface area contributed by atoms with Crippen molar-refractivity contribution >= 4 is 17.2 Å². The van der Waals surface area contributed by atoms with Gasteiger partial charge in [0.1, 0.15) is 12.4 Å². The van der Waals surface area contributed by atoms with Crippen molar-refractivity contribution in [1.82, 2.24) is 19.8 Å². The maximum Gasteiger partial charge on any atom is 0.573 e. The van der Waals surface area contributed by atoms with E-state index in [0.717, 1.165) is 0 Å². The zero-order valence-electron chi connectivity index (χ0n) is 12.5. The predicted molar refractivity (Wildman–Crippen MR) is 83.6 cm³/mol. The summed E-state index contributed by atoms with van der Waals surface area (Å²) in [5, 5.41) is 12.0. The Labute approximate surface area is 144 Å². The summed E-state index contributed by atoms with van der Waals surface area (Å²) in [6, 6.07) is 6.84. The van der Waals surface area contributed by atoms with Crippen LogP contribution >= 0.6 is 11.6 Å². The molecular formula is C15H10ClF3N4O2. The number of alkyl halides is 3. The van der Waals surface area contributed by atoms with E-state index >= 15 is 0 Å².